The highest BCUT2D eigenvalue weighted by Gasteiger charge is 2.41. The van der Waals surface area contributed by atoms with Gasteiger partial charge in [0.15, 0.2) is 0 Å². The number of carbonyl (C=O) groups is 4. The number of aromatic amines is 1. The molecule has 1 saturated heterocycles. The number of aliphatic carboxylic acids is 1. The maximum absolute atomic E-state index is 13.7. The number of nitrogens with one attached hydrogen (secondary N) is 4. The molecule has 4 rings (SSSR count). The van der Waals surface area contributed by atoms with Crippen LogP contribution in [0.5, 0.6) is 0 Å². The van der Waals surface area contributed by atoms with Gasteiger partial charge < -0.3 is 30.9 Å². The van der Waals surface area contributed by atoms with Crippen LogP contribution in [0.15, 0.2) is 24.3 Å². The summed E-state index contributed by atoms with van der Waals surface area (Å²) < 4.78 is 0. The average Bonchev–Trinajstić information content (AvgIpc) is 3.72. The first kappa shape index (κ1) is 30.4. The second kappa shape index (κ2) is 13.4. The largest absolute Gasteiger partial charge is 0.480 e. The highest BCUT2D eigenvalue weighted by atomic mass is 16.4. The molecule has 2 aliphatic rings. The van der Waals surface area contributed by atoms with Crippen LogP contribution in [0, 0.1) is 12.8 Å². The Morgan fingerprint density at radius 2 is 1.63 bits per heavy atom. The number of carboxylic acid groups (broad SMARTS) is 1. The van der Waals surface area contributed by atoms with Gasteiger partial charge in [0.1, 0.15) is 18.1 Å². The molecular formula is C31H45N5O5. The van der Waals surface area contributed by atoms with E-state index in [-0.39, 0.29) is 30.5 Å². The van der Waals surface area contributed by atoms with E-state index in [2.05, 4.69) is 20.9 Å². The van der Waals surface area contributed by atoms with Gasteiger partial charge >= 0.3 is 12.0 Å². The lowest BCUT2D eigenvalue weighted by Crippen LogP contribution is -2.60. The maximum atomic E-state index is 13.7. The van der Waals surface area contributed by atoms with Crippen molar-refractivity contribution in [1.29, 1.82) is 0 Å². The molecule has 1 unspecified atom stereocenters. The molecule has 4 amide bonds. The van der Waals surface area contributed by atoms with Crippen LogP contribution in [0.4, 0.5) is 4.79 Å². The van der Waals surface area contributed by atoms with Gasteiger partial charge in [0, 0.05) is 35.1 Å². The number of benzene rings is 1. The fourth-order valence-corrected chi connectivity index (χ4v) is 6.07. The first-order chi connectivity index (χ1) is 19.6. The molecule has 224 valence electrons. The minimum atomic E-state index is -1.10. The number of aryl methyl sites for hydroxylation is 1. The fourth-order valence-electron chi connectivity index (χ4n) is 6.07. The standard InChI is InChI=1S/C31H45N5O5/c1-5-6-13-25(30(39)40)33-28(37)26(17-23-20(4)32-24-14-8-7-12-22(23)24)34-29(38)27(21-15-16-21)35-31(41)36-18(2)10-9-11-19(36)3/h7-8,12,14,18-19,21,25-27,32H,5-6,9-11,13,15-17H2,1-4H3,(H,33,37)(H,34,38)(H,35,41)(H,39,40)/t18-,19+,25-,26-,27?/m1/s1. The van der Waals surface area contributed by atoms with Gasteiger partial charge in [0.25, 0.3) is 0 Å². The third-order valence-electron chi connectivity index (χ3n) is 8.61. The van der Waals surface area contributed by atoms with E-state index in [0.717, 1.165) is 60.7 Å². The molecule has 5 atom stereocenters. The highest BCUT2D eigenvalue weighted by molar-refractivity contribution is 5.94. The van der Waals surface area contributed by atoms with E-state index in [1.165, 1.54) is 0 Å². The Hall–Kier alpha value is -3.56. The molecule has 0 spiro atoms. The quantitative estimate of drug-likeness (QED) is 0.263. The summed E-state index contributed by atoms with van der Waals surface area (Å²) in [6, 6.07) is 4.83. The molecule has 2 heterocycles. The van der Waals surface area contributed by atoms with Gasteiger partial charge in [0.2, 0.25) is 11.8 Å². The number of carboxylic acids is 1. The first-order valence-electron chi connectivity index (χ1n) is 15.1. The number of hydrogen-bond acceptors (Lipinski definition) is 4. The van der Waals surface area contributed by atoms with Gasteiger partial charge in [-0.1, -0.05) is 38.0 Å². The van der Waals surface area contributed by atoms with Crippen molar-refractivity contribution in [3.8, 4) is 0 Å². The molecule has 1 aliphatic heterocycles. The predicted molar refractivity (Wildman–Crippen MR) is 157 cm³/mol. The second-order valence-electron chi connectivity index (χ2n) is 11.9. The van der Waals surface area contributed by atoms with Gasteiger partial charge in [-0.3, -0.25) is 9.59 Å². The van der Waals surface area contributed by atoms with E-state index in [9.17, 15) is 24.3 Å². The van der Waals surface area contributed by atoms with Crippen molar-refractivity contribution in [2.75, 3.05) is 0 Å². The first-order valence-corrected chi connectivity index (χ1v) is 15.1. The summed E-state index contributed by atoms with van der Waals surface area (Å²) in [6.07, 6.45) is 6.49. The monoisotopic (exact) mass is 567 g/mol. The van der Waals surface area contributed by atoms with Crippen molar-refractivity contribution < 1.29 is 24.3 Å². The molecule has 1 aromatic carbocycles. The Labute approximate surface area is 242 Å². The van der Waals surface area contributed by atoms with Crippen LogP contribution >= 0.6 is 0 Å². The van der Waals surface area contributed by atoms with E-state index in [1.807, 2.05) is 56.9 Å². The summed E-state index contributed by atoms with van der Waals surface area (Å²) >= 11 is 0. The lowest BCUT2D eigenvalue weighted by molar-refractivity contribution is -0.142. The van der Waals surface area contributed by atoms with Gasteiger partial charge in [0.05, 0.1) is 0 Å². The number of carbonyl (C=O) groups excluding carboxylic acids is 3. The Morgan fingerprint density at radius 3 is 2.27 bits per heavy atom. The average molecular weight is 568 g/mol. The van der Waals surface area contributed by atoms with Crippen molar-refractivity contribution in [1.82, 2.24) is 25.8 Å². The zero-order valence-electron chi connectivity index (χ0n) is 24.7. The Kier molecular flexibility index (Phi) is 9.94. The highest BCUT2D eigenvalue weighted by Crippen LogP contribution is 2.33. The number of nitrogens with zero attached hydrogens (tertiary/aromatic N) is 1. The summed E-state index contributed by atoms with van der Waals surface area (Å²) in [5, 5.41) is 19.2. The zero-order valence-corrected chi connectivity index (χ0v) is 24.7. The van der Waals surface area contributed by atoms with E-state index < -0.39 is 35.9 Å². The molecule has 1 aliphatic carbocycles. The summed E-state index contributed by atoms with van der Waals surface area (Å²) in [4.78, 5) is 57.7. The SMILES string of the molecule is CCCC[C@@H](NC(=O)[C@@H](Cc1c(C)[nH]c2ccccc12)NC(=O)C(NC(=O)N1[C@H](C)CCC[C@@H]1C)C1CC1)C(=O)O. The summed E-state index contributed by atoms with van der Waals surface area (Å²) in [6.45, 7) is 7.94. The van der Waals surface area contributed by atoms with Crippen LogP contribution in [-0.2, 0) is 20.8 Å². The Morgan fingerprint density at radius 1 is 0.976 bits per heavy atom. The third-order valence-corrected chi connectivity index (χ3v) is 8.61. The lowest BCUT2D eigenvalue weighted by atomic mass is 9.98. The number of H-pyrrole nitrogens is 1. The van der Waals surface area contributed by atoms with Crippen molar-refractivity contribution in [3.63, 3.8) is 0 Å². The fraction of sp³-hybridized carbons (Fsp3) is 0.613. The number of hydrogen-bond donors (Lipinski definition) is 5. The number of piperidine rings is 1. The van der Waals surface area contributed by atoms with Crippen LogP contribution in [0.3, 0.4) is 0 Å². The van der Waals surface area contributed by atoms with Crippen LogP contribution in [0.1, 0.15) is 83.4 Å². The predicted octanol–water partition coefficient (Wildman–Crippen LogP) is 4.01. The zero-order chi connectivity index (χ0) is 29.7. The molecular weight excluding hydrogens is 522 g/mol. The molecule has 2 fully saturated rings. The Balaban J connectivity index is 1.56. The van der Waals surface area contributed by atoms with Crippen molar-refractivity contribution in [2.24, 2.45) is 5.92 Å². The van der Waals surface area contributed by atoms with Gasteiger partial charge in [-0.2, -0.15) is 0 Å². The van der Waals surface area contributed by atoms with Crippen LogP contribution in [0.25, 0.3) is 10.9 Å². The smallest absolute Gasteiger partial charge is 0.326 e. The molecule has 41 heavy (non-hydrogen) atoms. The van der Waals surface area contributed by atoms with Crippen LogP contribution in [-0.4, -0.2) is 69.0 Å². The lowest BCUT2D eigenvalue weighted by Gasteiger charge is -2.39. The topological polar surface area (TPSA) is 144 Å². The number of amides is 4. The number of unbranched alkanes of at least 4 members (excludes halogenated alkanes) is 1. The number of urea groups is 1. The molecule has 10 heteroatoms. The van der Waals surface area contributed by atoms with E-state index in [1.54, 1.807) is 0 Å². The van der Waals surface area contributed by atoms with Gasteiger partial charge in [-0.25, -0.2) is 9.59 Å². The molecule has 1 saturated carbocycles. The maximum Gasteiger partial charge on any atom is 0.326 e. The van der Waals surface area contributed by atoms with E-state index >= 15 is 0 Å². The molecule has 10 nitrogen and oxygen atoms in total. The van der Waals surface area contributed by atoms with Crippen molar-refractivity contribution in [2.45, 2.75) is 116 Å². The molecule has 5 N–H and O–H groups in total. The van der Waals surface area contributed by atoms with Gasteiger partial charge in [-0.15, -0.1) is 0 Å². The molecule has 2 aromatic rings. The summed E-state index contributed by atoms with van der Waals surface area (Å²) in [7, 11) is 0. The van der Waals surface area contributed by atoms with Crippen molar-refractivity contribution >= 4 is 34.7 Å². The number of para-hydroxylation sites is 1. The summed E-state index contributed by atoms with van der Waals surface area (Å²) in [5.74, 6) is -2.07. The minimum Gasteiger partial charge on any atom is -0.480 e. The molecule has 0 radical (unpaired) electrons. The van der Waals surface area contributed by atoms with E-state index in [0.29, 0.717) is 12.8 Å². The third kappa shape index (κ3) is 7.40. The molecule has 1 aromatic heterocycles. The second-order valence-corrected chi connectivity index (χ2v) is 11.9. The molecule has 0 bridgehead atoms. The van der Waals surface area contributed by atoms with Crippen molar-refractivity contribution in [3.05, 3.63) is 35.5 Å². The van der Waals surface area contributed by atoms with Crippen LogP contribution < -0.4 is 16.0 Å². The van der Waals surface area contributed by atoms with E-state index in [4.69, 9.17) is 0 Å². The number of likely N-dealkylation sites (tertiary alicyclic amines) is 1. The number of rotatable bonds is 12. The minimum absolute atomic E-state index is 0.00390. The number of aromatic nitrogens is 1. The summed E-state index contributed by atoms with van der Waals surface area (Å²) in [5.41, 5.74) is 2.67. The normalized spacial score (nSPS) is 21.1. The van der Waals surface area contributed by atoms with Gasteiger partial charge in [-0.05, 0) is 76.8 Å². The Bertz CT molecular complexity index is 1240. The van der Waals surface area contributed by atoms with Crippen LogP contribution in [0.2, 0.25) is 0 Å². The number of fused-ring (bicyclic) bond motifs is 1.